The van der Waals surface area contributed by atoms with Crippen molar-refractivity contribution in [1.29, 1.82) is 0 Å². The van der Waals surface area contributed by atoms with Gasteiger partial charge in [-0.25, -0.2) is 8.42 Å². The van der Waals surface area contributed by atoms with E-state index in [0.717, 1.165) is 10.6 Å². The largest absolute Gasteiger partial charge is 0.320 e. The molecule has 1 fully saturated rings. The number of nitrogens with one attached hydrogen (secondary N) is 1. The minimum absolute atomic E-state index is 0.0285. The first-order valence-corrected chi connectivity index (χ1v) is 13.2. The molecule has 7 nitrogen and oxygen atoms in total. The van der Waals surface area contributed by atoms with Crippen molar-refractivity contribution in [3.05, 3.63) is 70.2 Å². The summed E-state index contributed by atoms with van der Waals surface area (Å²) in [5.41, 5.74) is 1.77. The molecule has 4 rings (SSSR count). The molecule has 0 saturated carbocycles. The van der Waals surface area contributed by atoms with E-state index in [-0.39, 0.29) is 17.2 Å². The van der Waals surface area contributed by atoms with Crippen molar-refractivity contribution in [3.63, 3.8) is 0 Å². The molecule has 2 heterocycles. The lowest BCUT2D eigenvalue weighted by Gasteiger charge is -2.30. The minimum Gasteiger partial charge on any atom is -0.320 e. The number of sulfonamides is 1. The van der Waals surface area contributed by atoms with E-state index in [4.69, 9.17) is 0 Å². The highest BCUT2D eigenvalue weighted by atomic mass is 32.2. The average molecular weight is 485 g/mol. The van der Waals surface area contributed by atoms with E-state index in [1.165, 1.54) is 11.3 Å². The molecule has 0 atom stereocenters. The van der Waals surface area contributed by atoms with Gasteiger partial charge in [0.05, 0.1) is 4.90 Å². The highest BCUT2D eigenvalue weighted by Gasteiger charge is 2.32. The van der Waals surface area contributed by atoms with Gasteiger partial charge in [0, 0.05) is 24.7 Å². The Balaban J connectivity index is 1.38. The summed E-state index contributed by atoms with van der Waals surface area (Å²) >= 11 is 1.27. The van der Waals surface area contributed by atoms with Crippen LogP contribution in [0.1, 0.15) is 59.9 Å². The molecule has 1 amide bonds. The van der Waals surface area contributed by atoms with Gasteiger partial charge in [-0.2, -0.15) is 4.31 Å². The number of benzene rings is 2. The predicted octanol–water partition coefficient (Wildman–Crippen LogP) is 4.66. The number of piperidine rings is 1. The van der Waals surface area contributed by atoms with Gasteiger partial charge in [-0.1, -0.05) is 62.4 Å². The lowest BCUT2D eigenvalue weighted by Crippen LogP contribution is -2.37. The molecular formula is C24H28N4O3S2. The highest BCUT2D eigenvalue weighted by Crippen LogP contribution is 2.33. The van der Waals surface area contributed by atoms with Crippen LogP contribution in [-0.2, 0) is 15.4 Å². The number of nitrogens with zero attached hydrogens (tertiary/aromatic N) is 3. The van der Waals surface area contributed by atoms with Crippen LogP contribution in [0.5, 0.6) is 0 Å². The molecule has 0 unspecified atom stereocenters. The van der Waals surface area contributed by atoms with Gasteiger partial charge >= 0.3 is 0 Å². The van der Waals surface area contributed by atoms with E-state index < -0.39 is 10.0 Å². The fraction of sp³-hybridized carbons (Fsp3) is 0.375. The molecule has 1 aliphatic rings. The number of carbonyl (C=O) groups is 1. The van der Waals surface area contributed by atoms with Gasteiger partial charge in [-0.15, -0.1) is 10.2 Å². The van der Waals surface area contributed by atoms with Crippen LogP contribution < -0.4 is 5.32 Å². The maximum atomic E-state index is 13.1. The van der Waals surface area contributed by atoms with Gasteiger partial charge in [0.15, 0.2) is 0 Å². The third-order valence-electron chi connectivity index (χ3n) is 5.83. The van der Waals surface area contributed by atoms with Crippen LogP contribution in [0, 0.1) is 0 Å². The molecule has 3 aromatic rings. The molecule has 1 N–H and O–H groups in total. The number of hydrogen-bond acceptors (Lipinski definition) is 6. The third-order valence-corrected chi connectivity index (χ3v) is 8.83. The minimum atomic E-state index is -3.54. The van der Waals surface area contributed by atoms with Gasteiger partial charge in [-0.05, 0) is 48.1 Å². The summed E-state index contributed by atoms with van der Waals surface area (Å²) < 4.78 is 27.8. The number of rotatable bonds is 5. The van der Waals surface area contributed by atoms with Crippen LogP contribution in [0.25, 0.3) is 0 Å². The Morgan fingerprint density at radius 1 is 1.00 bits per heavy atom. The molecule has 174 valence electrons. The van der Waals surface area contributed by atoms with Gasteiger partial charge in [0.1, 0.15) is 5.01 Å². The second-order valence-corrected chi connectivity index (χ2v) is 12.2. The van der Waals surface area contributed by atoms with E-state index in [1.807, 2.05) is 42.5 Å². The summed E-state index contributed by atoms with van der Waals surface area (Å²) in [6.45, 7) is 7.14. The summed E-state index contributed by atoms with van der Waals surface area (Å²) in [5, 5.41) is 12.2. The molecule has 0 bridgehead atoms. The van der Waals surface area contributed by atoms with E-state index in [1.54, 1.807) is 16.4 Å². The topological polar surface area (TPSA) is 92.3 Å². The van der Waals surface area contributed by atoms with Crippen LogP contribution in [0.2, 0.25) is 0 Å². The monoisotopic (exact) mass is 484 g/mol. The lowest BCUT2D eigenvalue weighted by molar-refractivity contribution is 0.102. The first-order chi connectivity index (χ1) is 15.6. The van der Waals surface area contributed by atoms with Crippen LogP contribution >= 0.6 is 11.3 Å². The van der Waals surface area contributed by atoms with Crippen LogP contribution in [0.3, 0.4) is 0 Å². The van der Waals surface area contributed by atoms with E-state index >= 15 is 0 Å². The summed E-state index contributed by atoms with van der Waals surface area (Å²) in [6, 6.07) is 16.4. The molecule has 0 spiro atoms. The van der Waals surface area contributed by atoms with Crippen LogP contribution in [0.4, 0.5) is 5.69 Å². The zero-order valence-corrected chi connectivity index (χ0v) is 20.6. The second kappa shape index (κ2) is 9.32. The van der Waals surface area contributed by atoms with Crippen molar-refractivity contribution >= 4 is 33.0 Å². The Morgan fingerprint density at radius 2 is 1.64 bits per heavy atom. The Labute approximate surface area is 198 Å². The molecule has 2 aromatic carbocycles. The van der Waals surface area contributed by atoms with Crippen molar-refractivity contribution in [2.24, 2.45) is 0 Å². The predicted molar refractivity (Wildman–Crippen MR) is 130 cm³/mol. The Kier molecular flexibility index (Phi) is 6.65. The van der Waals surface area contributed by atoms with Gasteiger partial charge in [-0.3, -0.25) is 4.79 Å². The van der Waals surface area contributed by atoms with E-state index in [0.29, 0.717) is 41.5 Å². The Morgan fingerprint density at radius 3 is 2.24 bits per heavy atom. The molecule has 1 saturated heterocycles. The smallest absolute Gasteiger partial charge is 0.286 e. The maximum absolute atomic E-state index is 13.1. The summed E-state index contributed by atoms with van der Waals surface area (Å²) in [6.07, 6.45) is 1.29. The summed E-state index contributed by atoms with van der Waals surface area (Å²) in [4.78, 5) is 12.8. The van der Waals surface area contributed by atoms with Crippen molar-refractivity contribution in [2.75, 3.05) is 18.4 Å². The molecule has 1 aliphatic heterocycles. The zero-order valence-electron chi connectivity index (χ0n) is 19.0. The standard InChI is InChI=1S/C24H28N4O3S2/c1-24(2,3)18-9-11-20(12-10-18)33(30,31)28-15-13-17(14-16-28)22-26-27-23(32-22)21(29)25-19-7-5-4-6-8-19/h4-12,17H,13-16H2,1-3H3,(H,25,29). The quantitative estimate of drug-likeness (QED) is 0.569. The van der Waals surface area contributed by atoms with E-state index in [2.05, 4.69) is 36.3 Å². The normalized spacial score (nSPS) is 16.0. The number of para-hydroxylation sites is 1. The molecule has 9 heteroatoms. The SMILES string of the molecule is CC(C)(C)c1ccc(S(=O)(=O)N2CCC(c3nnc(C(=O)Nc4ccccc4)s3)CC2)cc1. The van der Waals surface area contributed by atoms with Gasteiger partial charge < -0.3 is 5.32 Å². The highest BCUT2D eigenvalue weighted by molar-refractivity contribution is 7.89. The fourth-order valence-corrected chi connectivity index (χ4v) is 6.19. The Hall–Kier alpha value is -2.62. The van der Waals surface area contributed by atoms with Crippen LogP contribution in [-0.4, -0.2) is 41.9 Å². The van der Waals surface area contributed by atoms with Crippen molar-refractivity contribution in [1.82, 2.24) is 14.5 Å². The third kappa shape index (κ3) is 5.31. The van der Waals surface area contributed by atoms with E-state index in [9.17, 15) is 13.2 Å². The van der Waals surface area contributed by atoms with Gasteiger partial charge in [0.25, 0.3) is 5.91 Å². The first-order valence-electron chi connectivity index (χ1n) is 10.9. The lowest BCUT2D eigenvalue weighted by atomic mass is 9.87. The first kappa shape index (κ1) is 23.5. The second-order valence-electron chi connectivity index (χ2n) is 9.22. The van der Waals surface area contributed by atoms with Crippen molar-refractivity contribution < 1.29 is 13.2 Å². The molecular weight excluding hydrogens is 456 g/mol. The number of carbonyl (C=O) groups excluding carboxylic acids is 1. The number of hydrogen-bond donors (Lipinski definition) is 1. The van der Waals surface area contributed by atoms with Crippen molar-refractivity contribution in [2.45, 2.75) is 49.8 Å². The summed E-state index contributed by atoms with van der Waals surface area (Å²) in [5.74, 6) is -0.195. The number of aromatic nitrogens is 2. The number of anilines is 1. The zero-order chi connectivity index (χ0) is 23.6. The van der Waals surface area contributed by atoms with Gasteiger partial charge in [0.2, 0.25) is 15.0 Å². The summed E-state index contributed by atoms with van der Waals surface area (Å²) in [7, 11) is -3.54. The number of amides is 1. The maximum Gasteiger partial charge on any atom is 0.286 e. The molecule has 1 aromatic heterocycles. The average Bonchev–Trinajstić information content (AvgIpc) is 3.30. The van der Waals surface area contributed by atoms with Crippen molar-refractivity contribution in [3.8, 4) is 0 Å². The molecule has 33 heavy (non-hydrogen) atoms. The Bertz CT molecular complexity index is 1210. The van der Waals surface area contributed by atoms with Crippen LogP contribution in [0.15, 0.2) is 59.5 Å². The molecule has 0 radical (unpaired) electrons. The fourth-order valence-electron chi connectivity index (χ4n) is 3.82. The molecule has 0 aliphatic carbocycles.